The first-order chi connectivity index (χ1) is 12.4. The lowest BCUT2D eigenvalue weighted by molar-refractivity contribution is 0.0595. The molecule has 0 bridgehead atoms. The summed E-state index contributed by atoms with van der Waals surface area (Å²) in [6.07, 6.45) is 1.41. The Morgan fingerprint density at radius 2 is 1.96 bits per heavy atom. The van der Waals surface area contributed by atoms with E-state index in [4.69, 9.17) is 20.7 Å². The predicted molar refractivity (Wildman–Crippen MR) is 104 cm³/mol. The zero-order valence-electron chi connectivity index (χ0n) is 13.7. The van der Waals surface area contributed by atoms with Gasteiger partial charge in [0.05, 0.1) is 11.0 Å². The van der Waals surface area contributed by atoms with Crippen LogP contribution in [0.4, 0.5) is 8.78 Å². The molecule has 0 aliphatic carbocycles. The Kier molecular flexibility index (Phi) is 6.94. The number of benzene rings is 1. The molecular weight excluding hydrogens is 489 g/mol. The van der Waals surface area contributed by atoms with Gasteiger partial charge in [-0.2, -0.15) is 8.78 Å². The molecule has 0 radical (unpaired) electrons. The molecule has 7 nitrogen and oxygen atoms in total. The summed E-state index contributed by atoms with van der Waals surface area (Å²) in [6.45, 7) is 0. The predicted octanol–water partition coefficient (Wildman–Crippen LogP) is 2.93. The number of rotatable bonds is 8. The third-order valence-corrected chi connectivity index (χ3v) is 8.01. The molecule has 1 aromatic heterocycles. The minimum Gasteiger partial charge on any atom is -0.366 e. The molecule has 27 heavy (non-hydrogen) atoms. The number of unbranched alkanes of at least 4 members (excludes halogenated alkanes) is 1. The molecule has 2 aromatic rings. The first-order valence-corrected chi connectivity index (χ1v) is 12.1. The molecule has 0 spiro atoms. The Hall–Kier alpha value is -0.750. The van der Waals surface area contributed by atoms with E-state index in [1.165, 1.54) is 12.1 Å². The summed E-state index contributed by atoms with van der Waals surface area (Å²) in [5.41, 5.74) is 1.54. The minimum atomic E-state index is -5.75. The first-order valence-electron chi connectivity index (χ1n) is 7.47. The van der Waals surface area contributed by atoms with Crippen LogP contribution in [0.25, 0.3) is 10.1 Å². The number of nitrogens with two attached hydrogens (primary N) is 2. The van der Waals surface area contributed by atoms with Crippen LogP contribution < -0.4 is 10.9 Å². The number of amides is 1. The van der Waals surface area contributed by atoms with Gasteiger partial charge in [0, 0.05) is 25.9 Å². The van der Waals surface area contributed by atoms with Gasteiger partial charge in [-0.3, -0.25) is 14.5 Å². The lowest BCUT2D eigenvalue weighted by Gasteiger charge is -2.16. The third-order valence-electron chi connectivity index (χ3n) is 3.77. The summed E-state index contributed by atoms with van der Waals surface area (Å²) in [5, 5.41) is 5.41. The molecule has 0 aliphatic rings. The van der Waals surface area contributed by atoms with Gasteiger partial charge in [-0.1, -0.05) is 0 Å². The largest absolute Gasteiger partial charge is 0.400 e. The first kappa shape index (κ1) is 22.5. The number of primary amides is 1. The number of aryl methyl sites for hydroxylation is 1. The second kappa shape index (κ2) is 8.32. The number of thiophene rings is 1. The molecule has 13 heteroatoms. The van der Waals surface area contributed by atoms with Crippen LogP contribution >= 0.6 is 34.9 Å². The van der Waals surface area contributed by atoms with Crippen LogP contribution in [-0.4, -0.2) is 25.7 Å². The minimum absolute atomic E-state index is 0.0875. The van der Waals surface area contributed by atoms with E-state index in [0.717, 1.165) is 0 Å². The van der Waals surface area contributed by atoms with Crippen molar-refractivity contribution < 1.29 is 32.1 Å². The van der Waals surface area contributed by atoms with Crippen molar-refractivity contribution in [1.29, 1.82) is 0 Å². The fourth-order valence-electron chi connectivity index (χ4n) is 2.46. The van der Waals surface area contributed by atoms with E-state index >= 15 is 0 Å². The van der Waals surface area contributed by atoms with E-state index in [9.17, 15) is 22.3 Å². The van der Waals surface area contributed by atoms with Crippen molar-refractivity contribution in [2.45, 2.75) is 24.9 Å². The molecule has 1 aromatic carbocycles. The summed E-state index contributed by atoms with van der Waals surface area (Å²) in [4.78, 5) is 28.8. The van der Waals surface area contributed by atoms with Crippen molar-refractivity contribution >= 4 is 61.8 Å². The molecule has 1 atom stereocenters. The van der Waals surface area contributed by atoms with Crippen LogP contribution in [0.5, 0.6) is 0 Å². The maximum Gasteiger partial charge on any atom is 0.400 e. The number of hydrogen-bond donors (Lipinski definition) is 4. The lowest BCUT2D eigenvalue weighted by Crippen LogP contribution is -2.12. The molecule has 2 rings (SSSR count). The number of hydrogen-bond acceptors (Lipinski definition) is 4. The molecule has 150 valence electrons. The van der Waals surface area contributed by atoms with E-state index in [1.54, 1.807) is 0 Å². The van der Waals surface area contributed by atoms with Crippen molar-refractivity contribution in [1.82, 2.24) is 0 Å². The average molecular weight is 505 g/mol. The van der Waals surface area contributed by atoms with Crippen LogP contribution in [0.2, 0.25) is 0 Å². The van der Waals surface area contributed by atoms with E-state index < -0.39 is 35.0 Å². The Morgan fingerprint density at radius 3 is 2.48 bits per heavy atom. The smallest absolute Gasteiger partial charge is 0.366 e. The van der Waals surface area contributed by atoms with Crippen LogP contribution in [-0.2, 0) is 27.6 Å². The standard InChI is InChI=1S/C14H16BrF2N2O5PS2/c15-10-9-6-8(13(18)20)5-7(3-1-2-4-27(19)24)11(9)26-12(10)14(16,17)25(21,22)23/h5-6H,1-4,19H2,(H2,18,20)(H2,21,22,23). The molecule has 0 saturated carbocycles. The van der Waals surface area contributed by atoms with Crippen molar-refractivity contribution in [2.75, 3.05) is 5.75 Å². The molecule has 0 aliphatic heterocycles. The van der Waals surface area contributed by atoms with Gasteiger partial charge in [0.2, 0.25) is 5.91 Å². The van der Waals surface area contributed by atoms with E-state index in [-0.39, 0.29) is 21.2 Å². The van der Waals surface area contributed by atoms with Crippen molar-refractivity contribution in [3.63, 3.8) is 0 Å². The second-order valence-electron chi connectivity index (χ2n) is 5.75. The molecule has 0 fully saturated rings. The SMILES string of the molecule is NC(=O)c1cc(CCCCS(N)=O)c2sc(C(F)(F)P(=O)(O)O)c(Br)c2c1. The van der Waals surface area contributed by atoms with Gasteiger partial charge in [-0.15, -0.1) is 11.3 Å². The highest BCUT2D eigenvalue weighted by Gasteiger charge is 2.53. The molecular formula is C14H16BrF2N2O5PS2. The zero-order valence-corrected chi connectivity index (χ0v) is 17.8. The summed E-state index contributed by atoms with van der Waals surface area (Å²) >= 11 is 3.52. The van der Waals surface area contributed by atoms with Crippen molar-refractivity contribution in [2.24, 2.45) is 10.9 Å². The molecule has 0 saturated heterocycles. The van der Waals surface area contributed by atoms with Gasteiger partial charge >= 0.3 is 13.3 Å². The second-order valence-corrected chi connectivity index (χ2v) is 10.4. The van der Waals surface area contributed by atoms with Crippen molar-refractivity contribution in [3.8, 4) is 0 Å². The quantitative estimate of drug-likeness (QED) is 0.322. The fraction of sp³-hybridized carbons (Fsp3) is 0.357. The van der Waals surface area contributed by atoms with Crippen LogP contribution in [0.1, 0.15) is 33.6 Å². The molecule has 1 heterocycles. The monoisotopic (exact) mass is 504 g/mol. The van der Waals surface area contributed by atoms with E-state index in [0.29, 0.717) is 40.9 Å². The summed E-state index contributed by atoms with van der Waals surface area (Å²) < 4.78 is 50.8. The van der Waals surface area contributed by atoms with Crippen LogP contribution in [0.15, 0.2) is 16.6 Å². The van der Waals surface area contributed by atoms with E-state index in [1.807, 2.05) is 0 Å². The molecule has 1 unspecified atom stereocenters. The normalized spacial score (nSPS) is 13.9. The number of alkyl halides is 2. The summed E-state index contributed by atoms with van der Waals surface area (Å²) in [7, 11) is -7.20. The van der Waals surface area contributed by atoms with Crippen LogP contribution in [0, 0.1) is 0 Å². The van der Waals surface area contributed by atoms with Gasteiger partial charge in [0.1, 0.15) is 4.88 Å². The Bertz CT molecular complexity index is 963. The number of fused-ring (bicyclic) bond motifs is 1. The zero-order chi connectivity index (χ0) is 20.6. The third kappa shape index (κ3) is 4.81. The van der Waals surface area contributed by atoms with Gasteiger partial charge < -0.3 is 15.5 Å². The molecule has 6 N–H and O–H groups in total. The van der Waals surface area contributed by atoms with E-state index in [2.05, 4.69) is 15.9 Å². The maximum atomic E-state index is 14.2. The number of carbonyl (C=O) groups excluding carboxylic acids is 1. The van der Waals surface area contributed by atoms with Crippen molar-refractivity contribution in [3.05, 3.63) is 32.6 Å². The highest BCUT2D eigenvalue weighted by atomic mass is 79.9. The highest BCUT2D eigenvalue weighted by molar-refractivity contribution is 9.10. The van der Waals surface area contributed by atoms with Gasteiger partial charge in [-0.05, 0) is 52.9 Å². The van der Waals surface area contributed by atoms with Gasteiger partial charge in [-0.25, -0.2) is 4.21 Å². The Morgan fingerprint density at radius 1 is 1.33 bits per heavy atom. The topological polar surface area (TPSA) is 144 Å². The summed E-state index contributed by atoms with van der Waals surface area (Å²) in [6, 6.07) is 2.77. The number of halogens is 3. The maximum absolute atomic E-state index is 14.2. The van der Waals surface area contributed by atoms with Gasteiger partial charge in [0.25, 0.3) is 0 Å². The van der Waals surface area contributed by atoms with Gasteiger partial charge in [0.15, 0.2) is 0 Å². The molecule has 1 amide bonds. The Balaban J connectivity index is 2.58. The summed E-state index contributed by atoms with van der Waals surface area (Å²) in [5.74, 6) is -0.489. The van der Waals surface area contributed by atoms with Crippen LogP contribution in [0.3, 0.4) is 0 Å². The lowest BCUT2D eigenvalue weighted by atomic mass is 10.0. The Labute approximate surface area is 168 Å². The highest BCUT2D eigenvalue weighted by Crippen LogP contribution is 2.63. The number of carbonyl (C=O) groups is 1. The fourth-order valence-corrected chi connectivity index (χ4v) is 5.99. The average Bonchev–Trinajstić information content (AvgIpc) is 2.88.